The molecular formula is C13H21N. The first-order valence-electron chi connectivity index (χ1n) is 6.22. The van der Waals surface area contributed by atoms with Crippen LogP contribution in [-0.4, -0.2) is 6.54 Å². The minimum atomic E-state index is 0.679. The first-order chi connectivity index (χ1) is 6.84. The minimum Gasteiger partial charge on any atom is -0.330 e. The Morgan fingerprint density at radius 1 is 1.21 bits per heavy atom. The van der Waals surface area contributed by atoms with Crippen molar-refractivity contribution in [3.05, 3.63) is 12.2 Å². The lowest BCUT2D eigenvalue weighted by Gasteiger charge is -2.49. The zero-order valence-electron chi connectivity index (χ0n) is 8.91. The Morgan fingerprint density at radius 3 is 2.50 bits per heavy atom. The summed E-state index contributed by atoms with van der Waals surface area (Å²) in [5.41, 5.74) is 6.45. The smallest absolute Gasteiger partial charge is 0.00719 e. The molecule has 0 spiro atoms. The molecule has 0 saturated heterocycles. The van der Waals surface area contributed by atoms with Gasteiger partial charge >= 0.3 is 0 Å². The van der Waals surface area contributed by atoms with E-state index in [9.17, 15) is 0 Å². The van der Waals surface area contributed by atoms with Crippen molar-refractivity contribution in [1.82, 2.24) is 0 Å². The van der Waals surface area contributed by atoms with Crippen molar-refractivity contribution in [2.24, 2.45) is 28.9 Å². The van der Waals surface area contributed by atoms with Gasteiger partial charge in [0.1, 0.15) is 0 Å². The first kappa shape index (κ1) is 8.96. The van der Waals surface area contributed by atoms with Gasteiger partial charge in [-0.1, -0.05) is 18.6 Å². The van der Waals surface area contributed by atoms with Gasteiger partial charge in [-0.3, -0.25) is 0 Å². The highest BCUT2D eigenvalue weighted by Gasteiger charge is 2.50. The number of allylic oxidation sites excluding steroid dienone is 2. The quantitative estimate of drug-likeness (QED) is 0.682. The molecule has 0 aromatic rings. The average Bonchev–Trinajstić information content (AvgIpc) is 2.72. The van der Waals surface area contributed by atoms with E-state index in [1.165, 1.54) is 38.5 Å². The molecule has 2 N–H and O–H groups in total. The van der Waals surface area contributed by atoms with Gasteiger partial charge in [-0.25, -0.2) is 0 Å². The van der Waals surface area contributed by atoms with Crippen molar-refractivity contribution in [2.75, 3.05) is 6.54 Å². The topological polar surface area (TPSA) is 26.0 Å². The number of nitrogens with two attached hydrogens (primary N) is 1. The summed E-state index contributed by atoms with van der Waals surface area (Å²) in [5.74, 6) is 2.85. The van der Waals surface area contributed by atoms with Crippen LogP contribution in [0, 0.1) is 23.2 Å². The summed E-state index contributed by atoms with van der Waals surface area (Å²) in [7, 11) is 0. The predicted molar refractivity (Wildman–Crippen MR) is 58.8 cm³/mol. The molecule has 0 radical (unpaired) electrons. The van der Waals surface area contributed by atoms with E-state index in [-0.39, 0.29) is 0 Å². The molecule has 0 aromatic carbocycles. The lowest BCUT2D eigenvalue weighted by atomic mass is 9.56. The van der Waals surface area contributed by atoms with E-state index in [0.717, 1.165) is 24.3 Å². The SMILES string of the molecule is NCCC1(C2CC3C=CC2C3)CCC1. The third kappa shape index (κ3) is 1.11. The molecule has 78 valence electrons. The van der Waals surface area contributed by atoms with E-state index >= 15 is 0 Å². The monoisotopic (exact) mass is 191 g/mol. The second-order valence-corrected chi connectivity index (χ2v) is 5.64. The maximum Gasteiger partial charge on any atom is -0.00719 e. The predicted octanol–water partition coefficient (Wildman–Crippen LogP) is 2.72. The Hall–Kier alpha value is -0.300. The van der Waals surface area contributed by atoms with Crippen LogP contribution in [0.15, 0.2) is 12.2 Å². The molecule has 3 rings (SSSR count). The lowest BCUT2D eigenvalue weighted by Crippen LogP contribution is -2.41. The largest absolute Gasteiger partial charge is 0.330 e. The fourth-order valence-corrected chi connectivity index (χ4v) is 4.21. The summed E-state index contributed by atoms with van der Waals surface area (Å²) in [6.45, 7) is 0.900. The third-order valence-corrected chi connectivity index (χ3v) is 5.06. The van der Waals surface area contributed by atoms with Gasteiger partial charge in [0.05, 0.1) is 0 Å². The number of hydrogen-bond acceptors (Lipinski definition) is 1. The Labute approximate surface area is 86.8 Å². The molecule has 0 amide bonds. The number of hydrogen-bond donors (Lipinski definition) is 1. The van der Waals surface area contributed by atoms with Crippen LogP contribution in [0.4, 0.5) is 0 Å². The zero-order valence-corrected chi connectivity index (χ0v) is 8.91. The number of fused-ring (bicyclic) bond motifs is 2. The summed E-state index contributed by atoms with van der Waals surface area (Å²) >= 11 is 0. The van der Waals surface area contributed by atoms with Crippen molar-refractivity contribution >= 4 is 0 Å². The van der Waals surface area contributed by atoms with E-state index in [1.807, 2.05) is 0 Å². The fraction of sp³-hybridized carbons (Fsp3) is 0.846. The van der Waals surface area contributed by atoms with Crippen LogP contribution >= 0.6 is 0 Å². The van der Waals surface area contributed by atoms with Gasteiger partial charge < -0.3 is 5.73 Å². The zero-order chi connectivity index (χ0) is 9.60. The van der Waals surface area contributed by atoms with Crippen LogP contribution in [0.2, 0.25) is 0 Å². The van der Waals surface area contributed by atoms with Gasteiger partial charge in [-0.05, 0) is 61.8 Å². The van der Waals surface area contributed by atoms with Crippen LogP contribution in [-0.2, 0) is 0 Å². The van der Waals surface area contributed by atoms with Gasteiger partial charge in [0.15, 0.2) is 0 Å². The maximum absolute atomic E-state index is 5.77. The molecule has 1 heteroatoms. The van der Waals surface area contributed by atoms with Crippen LogP contribution < -0.4 is 5.73 Å². The normalized spacial score (nSPS) is 42.8. The van der Waals surface area contributed by atoms with Crippen molar-refractivity contribution < 1.29 is 0 Å². The van der Waals surface area contributed by atoms with Gasteiger partial charge in [-0.2, -0.15) is 0 Å². The summed E-state index contributed by atoms with van der Waals surface area (Å²) < 4.78 is 0. The molecule has 2 fully saturated rings. The maximum atomic E-state index is 5.77. The fourth-order valence-electron chi connectivity index (χ4n) is 4.21. The van der Waals surface area contributed by atoms with Crippen molar-refractivity contribution in [3.8, 4) is 0 Å². The summed E-state index contributed by atoms with van der Waals surface area (Å²) in [5, 5.41) is 0. The van der Waals surface area contributed by atoms with Gasteiger partial charge in [0.2, 0.25) is 0 Å². The Balaban J connectivity index is 1.77. The Morgan fingerprint density at radius 2 is 2.07 bits per heavy atom. The summed E-state index contributed by atoms with van der Waals surface area (Å²) in [6.07, 6.45) is 13.5. The number of rotatable bonds is 3. The van der Waals surface area contributed by atoms with E-state index < -0.39 is 0 Å². The van der Waals surface area contributed by atoms with Crippen LogP contribution in [0.1, 0.15) is 38.5 Å². The second-order valence-electron chi connectivity index (χ2n) is 5.64. The van der Waals surface area contributed by atoms with Crippen LogP contribution in [0.3, 0.4) is 0 Å². The Kier molecular flexibility index (Phi) is 1.98. The highest BCUT2D eigenvalue weighted by molar-refractivity contribution is 5.14. The molecule has 3 atom stereocenters. The van der Waals surface area contributed by atoms with E-state index in [2.05, 4.69) is 12.2 Å². The van der Waals surface area contributed by atoms with E-state index in [1.54, 1.807) is 0 Å². The molecule has 3 aliphatic carbocycles. The molecule has 0 aliphatic heterocycles. The summed E-state index contributed by atoms with van der Waals surface area (Å²) in [6, 6.07) is 0. The second kappa shape index (κ2) is 3.10. The molecule has 14 heavy (non-hydrogen) atoms. The minimum absolute atomic E-state index is 0.679. The highest BCUT2D eigenvalue weighted by Crippen LogP contribution is 2.60. The van der Waals surface area contributed by atoms with Crippen LogP contribution in [0.5, 0.6) is 0 Å². The molecule has 2 bridgehead atoms. The van der Waals surface area contributed by atoms with Crippen molar-refractivity contribution in [1.29, 1.82) is 0 Å². The van der Waals surface area contributed by atoms with Gasteiger partial charge in [0, 0.05) is 0 Å². The Bertz CT molecular complexity index is 252. The van der Waals surface area contributed by atoms with Gasteiger partial charge in [0.25, 0.3) is 0 Å². The molecule has 3 aliphatic rings. The lowest BCUT2D eigenvalue weighted by molar-refractivity contribution is 0.0261. The summed E-state index contributed by atoms with van der Waals surface area (Å²) in [4.78, 5) is 0. The standard InChI is InChI=1S/C13H21N/c14-7-6-13(4-1-5-13)12-9-10-2-3-11(12)8-10/h2-3,10-12H,1,4-9,14H2. The van der Waals surface area contributed by atoms with Crippen molar-refractivity contribution in [3.63, 3.8) is 0 Å². The highest BCUT2D eigenvalue weighted by atomic mass is 14.6. The van der Waals surface area contributed by atoms with E-state index in [4.69, 9.17) is 5.73 Å². The molecule has 3 unspecified atom stereocenters. The van der Waals surface area contributed by atoms with E-state index in [0.29, 0.717) is 5.41 Å². The first-order valence-corrected chi connectivity index (χ1v) is 6.22. The van der Waals surface area contributed by atoms with Gasteiger partial charge in [-0.15, -0.1) is 0 Å². The average molecular weight is 191 g/mol. The van der Waals surface area contributed by atoms with Crippen LogP contribution in [0.25, 0.3) is 0 Å². The third-order valence-electron chi connectivity index (χ3n) is 5.06. The molecule has 1 nitrogen and oxygen atoms in total. The molecule has 0 heterocycles. The molecule has 0 aromatic heterocycles. The van der Waals surface area contributed by atoms with Crippen molar-refractivity contribution in [2.45, 2.75) is 38.5 Å². The molecule has 2 saturated carbocycles. The molecular weight excluding hydrogens is 170 g/mol.